The van der Waals surface area contributed by atoms with E-state index in [1.807, 2.05) is 36.4 Å². The smallest absolute Gasteiger partial charge is 0.161 e. The van der Waals surface area contributed by atoms with Crippen molar-refractivity contribution in [2.24, 2.45) is 0 Å². The van der Waals surface area contributed by atoms with Crippen LogP contribution in [0, 0.1) is 0 Å². The molecule has 0 N–H and O–H groups in total. The highest BCUT2D eigenvalue weighted by atomic mass is 35.5. The predicted octanol–water partition coefficient (Wildman–Crippen LogP) is 6.77. The Balaban J connectivity index is 1.64. The van der Waals surface area contributed by atoms with Crippen molar-refractivity contribution in [2.45, 2.75) is 0 Å². The lowest BCUT2D eigenvalue weighted by Gasteiger charge is -2.08. The van der Waals surface area contributed by atoms with Crippen molar-refractivity contribution in [3.8, 4) is 22.6 Å². The fourth-order valence-corrected chi connectivity index (χ4v) is 3.56. The molecular formula is C24H15ClN2. The van der Waals surface area contributed by atoms with E-state index in [-0.39, 0.29) is 0 Å². The summed E-state index contributed by atoms with van der Waals surface area (Å²) >= 11 is 6.34. The van der Waals surface area contributed by atoms with Gasteiger partial charge in [-0.15, -0.1) is 0 Å². The van der Waals surface area contributed by atoms with E-state index < -0.39 is 0 Å². The maximum atomic E-state index is 6.34. The molecule has 0 saturated heterocycles. The summed E-state index contributed by atoms with van der Waals surface area (Å²) in [6.07, 6.45) is 0. The Morgan fingerprint density at radius 1 is 0.519 bits per heavy atom. The zero-order valence-corrected chi connectivity index (χ0v) is 15.2. The van der Waals surface area contributed by atoms with Crippen molar-refractivity contribution in [2.75, 3.05) is 0 Å². The number of fused-ring (bicyclic) bond motifs is 2. The van der Waals surface area contributed by atoms with Crippen molar-refractivity contribution < 1.29 is 0 Å². The molecule has 0 aliphatic carbocycles. The number of hydrogen-bond donors (Lipinski definition) is 0. The summed E-state index contributed by atoms with van der Waals surface area (Å²) in [6, 6.07) is 30.9. The number of nitrogens with zero attached hydrogens (tertiary/aromatic N) is 2. The fourth-order valence-electron chi connectivity index (χ4n) is 3.37. The molecule has 5 rings (SSSR count). The molecule has 0 radical (unpaired) electrons. The molecule has 0 aliphatic rings. The minimum absolute atomic E-state index is 0.441. The van der Waals surface area contributed by atoms with Crippen LogP contribution in [-0.2, 0) is 0 Å². The average Bonchev–Trinajstić information content (AvgIpc) is 2.72. The molecule has 0 bridgehead atoms. The molecule has 1 heterocycles. The van der Waals surface area contributed by atoms with E-state index in [2.05, 4.69) is 59.6 Å². The molecule has 0 aliphatic heterocycles. The topological polar surface area (TPSA) is 25.8 Å². The second-order valence-corrected chi connectivity index (χ2v) is 6.91. The second kappa shape index (κ2) is 6.49. The van der Waals surface area contributed by atoms with Crippen LogP contribution >= 0.6 is 11.6 Å². The van der Waals surface area contributed by atoms with Crippen molar-refractivity contribution in [1.29, 1.82) is 0 Å². The third kappa shape index (κ3) is 3.05. The Hall–Kier alpha value is -3.23. The summed E-state index contributed by atoms with van der Waals surface area (Å²) in [5, 5.41) is 5.17. The van der Waals surface area contributed by atoms with Gasteiger partial charge in [0.15, 0.2) is 5.82 Å². The summed E-state index contributed by atoms with van der Waals surface area (Å²) in [7, 11) is 0. The Bertz CT molecular complexity index is 1200. The molecule has 0 saturated carbocycles. The van der Waals surface area contributed by atoms with Crippen molar-refractivity contribution in [3.05, 3.63) is 96.1 Å². The number of hydrogen-bond acceptors (Lipinski definition) is 2. The molecule has 3 heteroatoms. The maximum absolute atomic E-state index is 6.34. The van der Waals surface area contributed by atoms with Gasteiger partial charge >= 0.3 is 0 Å². The Morgan fingerprint density at radius 2 is 1.07 bits per heavy atom. The van der Waals surface area contributed by atoms with Gasteiger partial charge in [0.2, 0.25) is 0 Å². The lowest BCUT2D eigenvalue weighted by Crippen LogP contribution is -1.93. The largest absolute Gasteiger partial charge is 0.228 e. The van der Waals surface area contributed by atoms with E-state index in [0.717, 1.165) is 22.2 Å². The normalized spacial score (nSPS) is 11.1. The van der Waals surface area contributed by atoms with E-state index in [1.165, 1.54) is 16.2 Å². The molecule has 0 spiro atoms. The summed E-state index contributed by atoms with van der Waals surface area (Å²) in [5.74, 6) is 0.636. The first-order chi connectivity index (χ1) is 13.3. The van der Waals surface area contributed by atoms with Gasteiger partial charge in [-0.2, -0.15) is 0 Å². The lowest BCUT2D eigenvalue weighted by molar-refractivity contribution is 1.18. The quantitative estimate of drug-likeness (QED) is 0.322. The van der Waals surface area contributed by atoms with Crippen molar-refractivity contribution in [1.82, 2.24) is 9.97 Å². The third-order valence-electron chi connectivity index (χ3n) is 4.75. The van der Waals surface area contributed by atoms with Gasteiger partial charge in [0.05, 0.1) is 5.69 Å². The number of halogens is 1. The van der Waals surface area contributed by atoms with Gasteiger partial charge in [0.25, 0.3) is 0 Å². The summed E-state index contributed by atoms with van der Waals surface area (Å²) in [5.41, 5.74) is 2.81. The molecule has 4 aromatic carbocycles. The zero-order chi connectivity index (χ0) is 18.2. The maximum Gasteiger partial charge on any atom is 0.161 e. The monoisotopic (exact) mass is 366 g/mol. The summed E-state index contributed by atoms with van der Waals surface area (Å²) in [4.78, 5) is 9.25. The molecule has 0 unspecified atom stereocenters. The van der Waals surface area contributed by atoms with Gasteiger partial charge in [-0.25, -0.2) is 9.97 Å². The number of aromatic nitrogens is 2. The van der Waals surface area contributed by atoms with Crippen LogP contribution in [0.25, 0.3) is 44.2 Å². The molecule has 0 atom stereocenters. The Kier molecular flexibility index (Phi) is 3.84. The minimum atomic E-state index is 0.441. The number of rotatable bonds is 2. The highest BCUT2D eigenvalue weighted by molar-refractivity contribution is 6.29. The first-order valence-corrected chi connectivity index (χ1v) is 9.17. The van der Waals surface area contributed by atoms with Gasteiger partial charge in [0.1, 0.15) is 5.15 Å². The lowest BCUT2D eigenvalue weighted by atomic mass is 10.0. The molecular weight excluding hydrogens is 352 g/mol. The summed E-state index contributed by atoms with van der Waals surface area (Å²) < 4.78 is 0. The highest BCUT2D eigenvalue weighted by Crippen LogP contribution is 2.28. The molecule has 0 fully saturated rings. The van der Waals surface area contributed by atoms with E-state index >= 15 is 0 Å². The van der Waals surface area contributed by atoms with Crippen LogP contribution in [0.5, 0.6) is 0 Å². The second-order valence-electron chi connectivity index (χ2n) is 6.52. The van der Waals surface area contributed by atoms with Crippen LogP contribution < -0.4 is 0 Å². The van der Waals surface area contributed by atoms with E-state index in [9.17, 15) is 0 Å². The van der Waals surface area contributed by atoms with Crippen LogP contribution in [0.3, 0.4) is 0 Å². The van der Waals surface area contributed by atoms with Crippen molar-refractivity contribution >= 4 is 33.1 Å². The minimum Gasteiger partial charge on any atom is -0.228 e. The summed E-state index contributed by atoms with van der Waals surface area (Å²) in [6.45, 7) is 0. The first-order valence-electron chi connectivity index (χ1n) is 8.79. The van der Waals surface area contributed by atoms with E-state index in [1.54, 1.807) is 0 Å². The van der Waals surface area contributed by atoms with Gasteiger partial charge in [-0.05, 0) is 33.7 Å². The van der Waals surface area contributed by atoms with Crippen LogP contribution in [0.15, 0.2) is 91.0 Å². The zero-order valence-electron chi connectivity index (χ0n) is 14.4. The van der Waals surface area contributed by atoms with Gasteiger partial charge < -0.3 is 0 Å². The van der Waals surface area contributed by atoms with Gasteiger partial charge in [-0.1, -0.05) is 84.4 Å². The van der Waals surface area contributed by atoms with Gasteiger partial charge in [-0.3, -0.25) is 0 Å². The van der Waals surface area contributed by atoms with Crippen LogP contribution in [-0.4, -0.2) is 9.97 Å². The Labute approximate surface area is 162 Å². The van der Waals surface area contributed by atoms with Gasteiger partial charge in [0, 0.05) is 17.2 Å². The third-order valence-corrected chi connectivity index (χ3v) is 4.94. The molecule has 1 aromatic heterocycles. The molecule has 2 nitrogen and oxygen atoms in total. The van der Waals surface area contributed by atoms with Crippen LogP contribution in [0.2, 0.25) is 5.15 Å². The van der Waals surface area contributed by atoms with Crippen LogP contribution in [0.1, 0.15) is 0 Å². The standard InChI is InChI=1S/C24H15ClN2/c25-23-15-22(20-11-9-16-5-1-3-7-18(16)13-20)26-24(27-23)21-12-10-17-6-2-4-8-19(17)14-21/h1-15H. The number of benzene rings is 4. The van der Waals surface area contributed by atoms with Crippen molar-refractivity contribution in [3.63, 3.8) is 0 Å². The van der Waals surface area contributed by atoms with E-state index in [4.69, 9.17) is 16.6 Å². The average molecular weight is 367 g/mol. The molecule has 27 heavy (non-hydrogen) atoms. The fraction of sp³-hybridized carbons (Fsp3) is 0. The highest BCUT2D eigenvalue weighted by Gasteiger charge is 2.09. The predicted molar refractivity (Wildman–Crippen MR) is 113 cm³/mol. The Morgan fingerprint density at radius 3 is 1.74 bits per heavy atom. The molecule has 128 valence electrons. The molecule has 0 amide bonds. The first kappa shape index (κ1) is 16.0. The SMILES string of the molecule is Clc1cc(-c2ccc3ccccc3c2)nc(-c2ccc3ccccc3c2)n1. The van der Waals surface area contributed by atoms with Crippen LogP contribution in [0.4, 0.5) is 0 Å². The molecule has 5 aromatic rings. The van der Waals surface area contributed by atoms with E-state index in [0.29, 0.717) is 11.0 Å².